The Bertz CT molecular complexity index is 1270. The van der Waals surface area contributed by atoms with Gasteiger partial charge in [-0.05, 0) is 68.3 Å². The summed E-state index contributed by atoms with van der Waals surface area (Å²) in [5.74, 6) is 1.74. The molecule has 2 fully saturated rings. The van der Waals surface area contributed by atoms with Crippen LogP contribution in [0.1, 0.15) is 41.2 Å². The highest BCUT2D eigenvalue weighted by Gasteiger charge is 2.54. The van der Waals surface area contributed by atoms with Crippen LogP contribution in [0.4, 0.5) is 0 Å². The molecule has 2 aliphatic rings. The zero-order valence-electron chi connectivity index (χ0n) is 18.3. The molecular weight excluding hydrogens is 402 g/mol. The van der Waals surface area contributed by atoms with E-state index in [-0.39, 0.29) is 5.91 Å². The average Bonchev–Trinajstić information content (AvgIpc) is 3.15. The first-order chi connectivity index (χ1) is 15.6. The molecule has 7 heteroatoms. The van der Waals surface area contributed by atoms with E-state index in [2.05, 4.69) is 21.4 Å². The second kappa shape index (κ2) is 7.45. The third-order valence-corrected chi connectivity index (χ3v) is 7.38. The smallest absolute Gasteiger partial charge is 0.272 e. The van der Waals surface area contributed by atoms with Crippen molar-refractivity contribution in [1.29, 1.82) is 0 Å². The maximum Gasteiger partial charge on any atom is 0.272 e. The van der Waals surface area contributed by atoms with Crippen LogP contribution in [0, 0.1) is 18.3 Å². The van der Waals surface area contributed by atoms with Gasteiger partial charge < -0.3 is 14.6 Å². The number of hydrogen-bond acceptors (Lipinski definition) is 5. The molecule has 0 aromatic carbocycles. The Morgan fingerprint density at radius 1 is 1.28 bits per heavy atom. The van der Waals surface area contributed by atoms with Crippen molar-refractivity contribution in [2.24, 2.45) is 11.3 Å². The molecule has 1 aliphatic carbocycles. The first kappa shape index (κ1) is 19.5. The van der Waals surface area contributed by atoms with Crippen LogP contribution in [0.15, 0.2) is 53.3 Å². The predicted octanol–water partition coefficient (Wildman–Crippen LogP) is 3.82. The Balaban J connectivity index is 1.04. The summed E-state index contributed by atoms with van der Waals surface area (Å²) in [6.07, 6.45) is 8.89. The van der Waals surface area contributed by atoms with E-state index in [0.29, 0.717) is 17.0 Å². The summed E-state index contributed by atoms with van der Waals surface area (Å²) in [6.45, 7) is 5.30. The van der Waals surface area contributed by atoms with Crippen molar-refractivity contribution in [2.45, 2.75) is 32.7 Å². The Kier molecular flexibility index (Phi) is 4.54. The van der Waals surface area contributed by atoms with Gasteiger partial charge >= 0.3 is 0 Å². The summed E-state index contributed by atoms with van der Waals surface area (Å²) in [7, 11) is 0. The Labute approximate surface area is 186 Å². The molecule has 1 atom stereocenters. The van der Waals surface area contributed by atoms with Crippen LogP contribution in [-0.4, -0.2) is 44.8 Å². The van der Waals surface area contributed by atoms with Crippen molar-refractivity contribution in [3.63, 3.8) is 0 Å². The number of pyridine rings is 2. The Morgan fingerprint density at radius 3 is 3.00 bits per heavy atom. The largest absolute Gasteiger partial charge is 0.458 e. The van der Waals surface area contributed by atoms with Gasteiger partial charge in [0, 0.05) is 30.9 Å². The molecule has 6 rings (SSSR count). The summed E-state index contributed by atoms with van der Waals surface area (Å²) in [5, 5.41) is 4.67. The summed E-state index contributed by atoms with van der Waals surface area (Å²) in [5.41, 5.74) is 3.57. The van der Waals surface area contributed by atoms with E-state index < -0.39 is 0 Å². The molecule has 1 unspecified atom stereocenters. The zero-order chi connectivity index (χ0) is 21.7. The number of aryl methyl sites for hydroxylation is 1. The van der Waals surface area contributed by atoms with Crippen molar-refractivity contribution >= 4 is 22.5 Å². The lowest BCUT2D eigenvalue weighted by atomic mass is 9.90. The quantitative estimate of drug-likeness (QED) is 0.522. The first-order valence-electron chi connectivity index (χ1n) is 11.4. The van der Waals surface area contributed by atoms with E-state index >= 15 is 0 Å². The van der Waals surface area contributed by atoms with E-state index in [0.717, 1.165) is 67.1 Å². The van der Waals surface area contributed by atoms with E-state index in [1.807, 2.05) is 46.7 Å². The molecule has 32 heavy (non-hydrogen) atoms. The van der Waals surface area contributed by atoms with Crippen LogP contribution in [0.3, 0.4) is 0 Å². The summed E-state index contributed by atoms with van der Waals surface area (Å²) >= 11 is 0. The van der Waals surface area contributed by atoms with Gasteiger partial charge in [0.15, 0.2) is 5.58 Å². The minimum atomic E-state index is 0.103. The highest BCUT2D eigenvalue weighted by atomic mass is 16.3. The molecule has 4 aromatic rings. The van der Waals surface area contributed by atoms with Gasteiger partial charge in [-0.2, -0.15) is 0 Å². The number of fused-ring (bicyclic) bond motifs is 2. The summed E-state index contributed by atoms with van der Waals surface area (Å²) in [6, 6.07) is 9.90. The van der Waals surface area contributed by atoms with Crippen LogP contribution in [0.2, 0.25) is 0 Å². The lowest BCUT2D eigenvalue weighted by Gasteiger charge is -2.33. The monoisotopic (exact) mass is 429 g/mol. The van der Waals surface area contributed by atoms with Gasteiger partial charge in [0.1, 0.15) is 17.1 Å². The number of rotatable bonds is 5. The van der Waals surface area contributed by atoms with Gasteiger partial charge in [0.2, 0.25) is 0 Å². The second-order valence-electron chi connectivity index (χ2n) is 9.29. The normalized spacial score (nSPS) is 19.8. The van der Waals surface area contributed by atoms with Gasteiger partial charge in [0.25, 0.3) is 5.91 Å². The molecule has 0 radical (unpaired) electrons. The van der Waals surface area contributed by atoms with Crippen LogP contribution < -0.4 is 5.32 Å². The Hall–Kier alpha value is -3.19. The number of imidazole rings is 1. The van der Waals surface area contributed by atoms with E-state index in [1.165, 1.54) is 6.42 Å². The summed E-state index contributed by atoms with van der Waals surface area (Å²) in [4.78, 5) is 23.9. The number of aromatic nitrogens is 3. The topological polar surface area (TPSA) is 75.7 Å². The van der Waals surface area contributed by atoms with Gasteiger partial charge in [0.05, 0.1) is 18.4 Å². The maximum absolute atomic E-state index is 13.2. The number of hydrogen-bond donors (Lipinski definition) is 1. The number of carbonyl (C=O) groups is 1. The number of nitrogens with zero attached hydrogens (tertiary/aromatic N) is 4. The van der Waals surface area contributed by atoms with Gasteiger partial charge in [-0.1, -0.05) is 6.07 Å². The van der Waals surface area contributed by atoms with Crippen LogP contribution in [0.25, 0.3) is 16.6 Å². The van der Waals surface area contributed by atoms with Crippen molar-refractivity contribution in [3.05, 3.63) is 66.1 Å². The van der Waals surface area contributed by atoms with E-state index in [4.69, 9.17) is 4.42 Å². The fourth-order valence-corrected chi connectivity index (χ4v) is 5.41. The number of likely N-dealkylation sites (tertiary alicyclic amines) is 1. The molecule has 5 heterocycles. The van der Waals surface area contributed by atoms with Gasteiger partial charge in [-0.25, -0.2) is 4.98 Å². The molecule has 1 spiro atoms. The zero-order valence-corrected chi connectivity index (χ0v) is 18.3. The highest BCUT2D eigenvalue weighted by molar-refractivity contribution is 5.94. The highest BCUT2D eigenvalue weighted by Crippen LogP contribution is 2.59. The molecule has 164 valence electrons. The molecule has 1 saturated carbocycles. The minimum Gasteiger partial charge on any atom is -0.458 e. The first-order valence-corrected chi connectivity index (χ1v) is 11.4. The molecule has 1 N–H and O–H groups in total. The standard InChI is InChI=1S/C25H27N5O2/c1-17-23(30-9-3-2-4-22(30)28-17)24(31)29-10-6-25(7-11-29)13-19(25)14-27-15-20-12-18-5-8-26-16-21(18)32-20/h2-5,8-9,12,16,19,27H,6-7,10-11,13-15H2,1H3. The lowest BCUT2D eigenvalue weighted by Crippen LogP contribution is -2.40. The van der Waals surface area contributed by atoms with Crippen molar-refractivity contribution < 1.29 is 9.21 Å². The third-order valence-electron chi connectivity index (χ3n) is 7.38. The predicted molar refractivity (Wildman–Crippen MR) is 121 cm³/mol. The number of carbonyl (C=O) groups excluding carboxylic acids is 1. The van der Waals surface area contributed by atoms with Crippen molar-refractivity contribution in [2.75, 3.05) is 19.6 Å². The molecule has 4 aromatic heterocycles. The van der Waals surface area contributed by atoms with E-state index in [1.54, 1.807) is 12.4 Å². The molecule has 7 nitrogen and oxygen atoms in total. The molecule has 1 amide bonds. The van der Waals surface area contributed by atoms with Gasteiger partial charge in [-0.15, -0.1) is 0 Å². The van der Waals surface area contributed by atoms with Crippen LogP contribution in [0.5, 0.6) is 0 Å². The SMILES string of the molecule is Cc1nc2ccccn2c1C(=O)N1CCC2(CC1)CC2CNCc1cc2ccncc2o1. The molecule has 1 saturated heterocycles. The summed E-state index contributed by atoms with van der Waals surface area (Å²) < 4.78 is 7.76. The number of piperidine rings is 1. The number of amides is 1. The lowest BCUT2D eigenvalue weighted by molar-refractivity contribution is 0.0661. The van der Waals surface area contributed by atoms with Crippen molar-refractivity contribution in [1.82, 2.24) is 24.6 Å². The molecule has 0 bridgehead atoms. The maximum atomic E-state index is 13.2. The van der Waals surface area contributed by atoms with Gasteiger partial charge in [-0.3, -0.25) is 14.2 Å². The number of furan rings is 1. The second-order valence-corrected chi connectivity index (χ2v) is 9.29. The van der Waals surface area contributed by atoms with Crippen molar-refractivity contribution in [3.8, 4) is 0 Å². The fourth-order valence-electron chi connectivity index (χ4n) is 5.41. The van der Waals surface area contributed by atoms with Crippen LogP contribution >= 0.6 is 0 Å². The molecular formula is C25H27N5O2. The number of nitrogens with one attached hydrogen (secondary N) is 1. The fraction of sp³-hybridized carbons (Fsp3) is 0.400. The van der Waals surface area contributed by atoms with Crippen LogP contribution in [-0.2, 0) is 6.54 Å². The molecule has 1 aliphatic heterocycles. The minimum absolute atomic E-state index is 0.103. The average molecular weight is 430 g/mol. The third kappa shape index (κ3) is 3.28. The Morgan fingerprint density at radius 2 is 2.16 bits per heavy atom. The van der Waals surface area contributed by atoms with E-state index in [9.17, 15) is 4.79 Å².